The van der Waals surface area contributed by atoms with E-state index in [0.29, 0.717) is 11.8 Å². The second kappa shape index (κ2) is 17.5. The third-order valence-electron chi connectivity index (χ3n) is 3.76. The van der Waals surface area contributed by atoms with E-state index in [1.54, 1.807) is 18.2 Å². The van der Waals surface area contributed by atoms with Gasteiger partial charge in [0.25, 0.3) is 0 Å². The highest BCUT2D eigenvalue weighted by Gasteiger charge is 2.12. The number of nitrogens with zero attached hydrogens (tertiary/aromatic N) is 1. The van der Waals surface area contributed by atoms with E-state index in [1.165, 1.54) is 18.2 Å². The Morgan fingerprint density at radius 3 is 1.86 bits per heavy atom. The molecule has 1 heterocycles. The summed E-state index contributed by atoms with van der Waals surface area (Å²) < 4.78 is 25.5. The molecule has 0 atom stereocenters. The molecule has 3 rings (SSSR count). The van der Waals surface area contributed by atoms with E-state index < -0.39 is 0 Å². The number of nitrogen functional groups attached to an aromatic ring is 1. The number of nitrogens with one attached hydrogen (secondary N) is 2. The number of rotatable bonds is 5. The fraction of sp³-hybridized carbons (Fsp3) is 0.400. The Hall–Kier alpha value is -1.31. The molecule has 1 fully saturated rings. The van der Waals surface area contributed by atoms with Gasteiger partial charge >= 0.3 is 0 Å². The maximum Gasteiger partial charge on any atom is 0.146 e. The Bertz CT molecular complexity index is 634. The number of anilines is 2. The molecule has 0 saturated carbocycles. The first-order valence-corrected chi connectivity index (χ1v) is 10.2. The molecular formula is C20H29Cl3F2N4. The van der Waals surface area contributed by atoms with Crippen molar-refractivity contribution in [1.29, 1.82) is 0 Å². The van der Waals surface area contributed by atoms with Gasteiger partial charge in [0, 0.05) is 51.0 Å². The topological polar surface area (TPSA) is 53.3 Å². The molecule has 2 aromatic carbocycles. The Balaban J connectivity index is 0.000000428. The second-order valence-corrected chi connectivity index (χ2v) is 6.59. The lowest BCUT2D eigenvalue weighted by Gasteiger charge is -2.29. The highest BCUT2D eigenvalue weighted by Crippen LogP contribution is 2.18. The summed E-state index contributed by atoms with van der Waals surface area (Å²) in [5.74, 6) is 0.852. The zero-order valence-electron chi connectivity index (χ0n) is 16.2. The van der Waals surface area contributed by atoms with Gasteiger partial charge in [0.05, 0.1) is 11.4 Å². The van der Waals surface area contributed by atoms with Crippen molar-refractivity contribution >= 4 is 47.0 Å². The predicted octanol–water partition coefficient (Wildman–Crippen LogP) is 4.12. The van der Waals surface area contributed by atoms with E-state index in [0.717, 1.165) is 45.0 Å². The van der Waals surface area contributed by atoms with Crippen molar-refractivity contribution in [1.82, 2.24) is 10.6 Å². The molecule has 4 nitrogen and oxygen atoms in total. The largest absolute Gasteiger partial charge is 0.396 e. The lowest BCUT2D eigenvalue weighted by atomic mass is 10.2. The summed E-state index contributed by atoms with van der Waals surface area (Å²) in [4.78, 5) is 2.08. The Morgan fingerprint density at radius 1 is 0.897 bits per heavy atom. The van der Waals surface area contributed by atoms with Crippen LogP contribution in [0.3, 0.4) is 0 Å². The van der Waals surface area contributed by atoms with Crippen LogP contribution in [0.25, 0.3) is 0 Å². The quantitative estimate of drug-likeness (QED) is 0.350. The minimum absolute atomic E-state index is 0. The minimum Gasteiger partial charge on any atom is -0.396 e. The molecule has 9 heteroatoms. The third-order valence-corrected chi connectivity index (χ3v) is 4.14. The van der Waals surface area contributed by atoms with Gasteiger partial charge in [-0.15, -0.1) is 35.6 Å². The average molecular weight is 470 g/mol. The summed E-state index contributed by atoms with van der Waals surface area (Å²) in [5, 5.41) is 6.26. The summed E-state index contributed by atoms with van der Waals surface area (Å²) >= 11 is 10.7. The first kappa shape index (κ1) is 27.7. The lowest BCUT2D eigenvalue weighted by molar-refractivity contribution is 0.566. The molecule has 1 aliphatic rings. The van der Waals surface area contributed by atoms with Crippen molar-refractivity contribution in [3.05, 3.63) is 60.2 Å². The van der Waals surface area contributed by atoms with Crippen LogP contribution in [0.15, 0.2) is 48.5 Å². The molecule has 0 amide bonds. The normalized spacial score (nSPS) is 12.6. The molecule has 1 saturated heterocycles. The molecule has 1 aliphatic heterocycles. The summed E-state index contributed by atoms with van der Waals surface area (Å²) in [7, 11) is 0. The van der Waals surface area contributed by atoms with Gasteiger partial charge in [-0.1, -0.05) is 24.3 Å². The molecule has 4 N–H and O–H groups in total. The summed E-state index contributed by atoms with van der Waals surface area (Å²) in [5.41, 5.74) is 6.07. The van der Waals surface area contributed by atoms with E-state index in [1.807, 2.05) is 12.1 Å². The zero-order valence-corrected chi connectivity index (χ0v) is 18.5. The molecule has 0 aromatic heterocycles. The number of nitrogens with two attached hydrogens (primary N) is 1. The summed E-state index contributed by atoms with van der Waals surface area (Å²) in [6, 6.07) is 13.1. The minimum atomic E-state index is -0.354. The van der Waals surface area contributed by atoms with Gasteiger partial charge < -0.3 is 21.3 Å². The van der Waals surface area contributed by atoms with Gasteiger partial charge in [-0.2, -0.15) is 0 Å². The van der Waals surface area contributed by atoms with Crippen LogP contribution >= 0.6 is 35.6 Å². The van der Waals surface area contributed by atoms with Crippen LogP contribution in [0.5, 0.6) is 0 Å². The number of para-hydroxylation sites is 2. The fourth-order valence-corrected chi connectivity index (χ4v) is 2.61. The molecule has 0 radical (unpaired) electrons. The van der Waals surface area contributed by atoms with Crippen molar-refractivity contribution in [3.8, 4) is 0 Å². The summed E-state index contributed by atoms with van der Waals surface area (Å²) in [6.45, 7) is 5.37. The van der Waals surface area contributed by atoms with Crippen molar-refractivity contribution in [3.63, 3.8) is 0 Å². The van der Waals surface area contributed by atoms with Crippen molar-refractivity contribution in [2.45, 2.75) is 0 Å². The van der Waals surface area contributed by atoms with E-state index in [4.69, 9.17) is 28.9 Å². The van der Waals surface area contributed by atoms with E-state index in [9.17, 15) is 8.78 Å². The number of halogens is 5. The van der Waals surface area contributed by atoms with Crippen molar-refractivity contribution < 1.29 is 8.78 Å². The van der Waals surface area contributed by atoms with Gasteiger partial charge in [-0.25, -0.2) is 8.78 Å². The number of piperazine rings is 1. The first-order valence-electron chi connectivity index (χ1n) is 9.13. The van der Waals surface area contributed by atoms with Crippen LogP contribution in [-0.4, -0.2) is 51.0 Å². The molecule has 2 aromatic rings. The highest BCUT2D eigenvalue weighted by atomic mass is 35.5. The van der Waals surface area contributed by atoms with E-state index >= 15 is 0 Å². The van der Waals surface area contributed by atoms with Crippen molar-refractivity contribution in [2.24, 2.45) is 0 Å². The van der Waals surface area contributed by atoms with Gasteiger partial charge in [0.2, 0.25) is 0 Å². The smallest absolute Gasteiger partial charge is 0.146 e. The SMILES string of the molecule is Cl.ClCCNCCCl.Fc1ccccc1N1CCNCC1.Nc1ccccc1F. The standard InChI is InChI=1S/C10H13FN2.C6H6FN.C4H9Cl2N.ClH/c11-9-3-1-2-4-10(9)13-7-5-12-6-8-13;7-5-3-1-2-4-6(5)8;5-1-3-7-4-2-6;/h1-4,12H,5-8H2;1-4H,8H2;7H,1-4H2;1H. The molecule has 0 spiro atoms. The highest BCUT2D eigenvalue weighted by molar-refractivity contribution is 6.18. The average Bonchev–Trinajstić information content (AvgIpc) is 2.73. The first-order chi connectivity index (χ1) is 13.6. The Morgan fingerprint density at radius 2 is 1.41 bits per heavy atom. The number of alkyl halides is 2. The number of hydrogen-bond donors (Lipinski definition) is 3. The second-order valence-electron chi connectivity index (χ2n) is 5.84. The van der Waals surface area contributed by atoms with Crippen LogP contribution in [0.2, 0.25) is 0 Å². The maximum atomic E-state index is 13.3. The molecule has 29 heavy (non-hydrogen) atoms. The lowest BCUT2D eigenvalue weighted by Crippen LogP contribution is -2.43. The molecule has 0 unspecified atom stereocenters. The predicted molar refractivity (Wildman–Crippen MR) is 124 cm³/mol. The molecule has 164 valence electrons. The van der Waals surface area contributed by atoms with Crippen molar-refractivity contribution in [2.75, 3.05) is 61.7 Å². The zero-order chi connectivity index (χ0) is 20.6. The maximum absolute atomic E-state index is 13.3. The van der Waals surface area contributed by atoms with Gasteiger partial charge in [0.1, 0.15) is 11.6 Å². The molecule has 0 bridgehead atoms. The van der Waals surface area contributed by atoms with Crippen LogP contribution in [-0.2, 0) is 0 Å². The molecule has 0 aliphatic carbocycles. The van der Waals surface area contributed by atoms with E-state index in [2.05, 4.69) is 15.5 Å². The van der Waals surface area contributed by atoms with Gasteiger partial charge in [-0.05, 0) is 24.3 Å². The fourth-order valence-electron chi connectivity index (χ4n) is 2.35. The number of hydrogen-bond acceptors (Lipinski definition) is 4. The van der Waals surface area contributed by atoms with Crippen LogP contribution in [0, 0.1) is 11.6 Å². The summed E-state index contributed by atoms with van der Waals surface area (Å²) in [6.07, 6.45) is 0. The van der Waals surface area contributed by atoms with Crippen LogP contribution in [0.4, 0.5) is 20.2 Å². The van der Waals surface area contributed by atoms with Crippen LogP contribution < -0.4 is 21.3 Å². The van der Waals surface area contributed by atoms with E-state index in [-0.39, 0.29) is 29.7 Å². The van der Waals surface area contributed by atoms with Gasteiger partial charge in [-0.3, -0.25) is 0 Å². The number of benzene rings is 2. The Kier molecular flexibility index (Phi) is 16.7. The molecular weight excluding hydrogens is 441 g/mol. The third kappa shape index (κ3) is 12.1. The Labute approximate surface area is 188 Å². The van der Waals surface area contributed by atoms with Crippen LogP contribution in [0.1, 0.15) is 0 Å². The monoisotopic (exact) mass is 468 g/mol. The van der Waals surface area contributed by atoms with Gasteiger partial charge in [0.15, 0.2) is 0 Å².